The second kappa shape index (κ2) is 3.42. The molecule has 0 aromatic carbocycles. The van der Waals surface area contributed by atoms with E-state index in [-0.39, 0.29) is 5.76 Å². The lowest BCUT2D eigenvalue weighted by atomic mass is 10.4. The number of hydrogen-bond donors (Lipinski definition) is 0. The van der Waals surface area contributed by atoms with E-state index < -0.39 is 16.7 Å². The number of furan rings is 1. The minimum atomic E-state index is -0.997. The van der Waals surface area contributed by atoms with Crippen molar-refractivity contribution in [3.63, 3.8) is 0 Å². The molecule has 7 nitrogen and oxygen atoms in total. The van der Waals surface area contributed by atoms with E-state index in [9.17, 15) is 19.7 Å². The molecule has 1 rings (SSSR count). The van der Waals surface area contributed by atoms with Gasteiger partial charge in [-0.1, -0.05) is 0 Å². The molecular formula is C6H2N2O5. The summed E-state index contributed by atoms with van der Waals surface area (Å²) >= 11 is 0. The number of nitrogens with zero attached hydrogens (tertiary/aromatic N) is 2. The minimum absolute atomic E-state index is 0.366. The largest absolute Gasteiger partial charge is 0.433 e. The van der Waals surface area contributed by atoms with Gasteiger partial charge in [0, 0.05) is 0 Å². The van der Waals surface area contributed by atoms with Gasteiger partial charge in [-0.25, -0.2) is 4.79 Å². The molecule has 1 heterocycles. The molecule has 7 heteroatoms. The molecule has 0 unspecified atom stereocenters. The summed E-state index contributed by atoms with van der Waals surface area (Å²) in [7, 11) is 0. The summed E-state index contributed by atoms with van der Waals surface area (Å²) in [5.41, 5.74) is 0. The summed E-state index contributed by atoms with van der Waals surface area (Å²) in [5.74, 6) is -1.94. The summed E-state index contributed by atoms with van der Waals surface area (Å²) in [6.45, 7) is 0. The van der Waals surface area contributed by atoms with Crippen molar-refractivity contribution in [2.75, 3.05) is 0 Å². The summed E-state index contributed by atoms with van der Waals surface area (Å²) in [6.07, 6.45) is 1.00. The minimum Gasteiger partial charge on any atom is -0.395 e. The zero-order chi connectivity index (χ0) is 9.84. The predicted octanol–water partition coefficient (Wildman–Crippen LogP) is 0.664. The maximum Gasteiger partial charge on any atom is 0.433 e. The Hall–Kier alpha value is -2.27. The summed E-state index contributed by atoms with van der Waals surface area (Å²) < 4.78 is 4.44. The van der Waals surface area contributed by atoms with Gasteiger partial charge in [0.25, 0.3) is 0 Å². The first-order chi connectivity index (χ1) is 6.15. The highest BCUT2D eigenvalue weighted by Gasteiger charge is 2.16. The number of nitro groups is 1. The highest BCUT2D eigenvalue weighted by Crippen LogP contribution is 2.15. The van der Waals surface area contributed by atoms with Crippen LogP contribution < -0.4 is 0 Å². The van der Waals surface area contributed by atoms with Gasteiger partial charge < -0.3 is 4.42 Å². The second-order valence-electron chi connectivity index (χ2n) is 1.90. The lowest BCUT2D eigenvalue weighted by Gasteiger charge is -1.83. The van der Waals surface area contributed by atoms with E-state index in [0.29, 0.717) is 0 Å². The fourth-order valence-corrected chi connectivity index (χ4v) is 0.637. The smallest absolute Gasteiger partial charge is 0.395 e. The Balaban J connectivity index is 2.98. The molecule has 0 aliphatic heterocycles. The van der Waals surface area contributed by atoms with Crippen LogP contribution in [0.4, 0.5) is 5.88 Å². The van der Waals surface area contributed by atoms with E-state index in [1.807, 2.05) is 0 Å². The Morgan fingerprint density at radius 1 is 1.62 bits per heavy atom. The van der Waals surface area contributed by atoms with Crippen LogP contribution in [0.5, 0.6) is 0 Å². The van der Waals surface area contributed by atoms with Crippen LogP contribution in [-0.2, 0) is 4.79 Å². The standard InChI is InChI=1S/C6H2N2O5/c9-3-7-6(10)4-1-2-5(13-4)8(11)12/h1-2H. The molecular weight excluding hydrogens is 180 g/mol. The van der Waals surface area contributed by atoms with Crippen molar-refractivity contribution in [2.45, 2.75) is 0 Å². The van der Waals surface area contributed by atoms with E-state index in [1.165, 1.54) is 0 Å². The number of carbonyl (C=O) groups excluding carboxylic acids is 2. The zero-order valence-corrected chi connectivity index (χ0v) is 6.09. The maximum absolute atomic E-state index is 10.7. The average Bonchev–Trinajstić information content (AvgIpc) is 2.52. The molecule has 0 saturated carbocycles. The van der Waals surface area contributed by atoms with E-state index in [2.05, 4.69) is 9.41 Å². The Morgan fingerprint density at radius 3 is 2.77 bits per heavy atom. The first-order valence-corrected chi connectivity index (χ1v) is 3.01. The van der Waals surface area contributed by atoms with Crippen molar-refractivity contribution in [2.24, 2.45) is 4.99 Å². The lowest BCUT2D eigenvalue weighted by Crippen LogP contribution is -1.90. The Labute approximate surface area is 70.8 Å². The van der Waals surface area contributed by atoms with Crippen LogP contribution in [0.15, 0.2) is 21.5 Å². The molecule has 0 fully saturated rings. The van der Waals surface area contributed by atoms with Crippen molar-refractivity contribution in [1.29, 1.82) is 0 Å². The molecule has 1 aromatic rings. The predicted molar refractivity (Wildman–Crippen MR) is 37.8 cm³/mol. The molecule has 0 aliphatic rings. The molecule has 13 heavy (non-hydrogen) atoms. The highest BCUT2D eigenvalue weighted by molar-refractivity contribution is 5.95. The van der Waals surface area contributed by atoms with E-state index >= 15 is 0 Å². The van der Waals surface area contributed by atoms with Crippen molar-refractivity contribution in [3.8, 4) is 0 Å². The highest BCUT2D eigenvalue weighted by atomic mass is 16.6. The molecule has 0 radical (unpaired) electrons. The second-order valence-corrected chi connectivity index (χ2v) is 1.90. The SMILES string of the molecule is O=C=NC(=O)c1ccc([N+](=O)[O-])o1. The van der Waals surface area contributed by atoms with E-state index in [1.54, 1.807) is 0 Å². The molecule has 0 bridgehead atoms. The molecule has 66 valence electrons. The topological polar surface area (TPSA) is 103 Å². The van der Waals surface area contributed by atoms with Crippen LogP contribution in [0.3, 0.4) is 0 Å². The van der Waals surface area contributed by atoms with Crippen LogP contribution in [0.1, 0.15) is 10.6 Å². The van der Waals surface area contributed by atoms with Crippen molar-refractivity contribution in [3.05, 3.63) is 28.0 Å². The van der Waals surface area contributed by atoms with Gasteiger partial charge in [0.15, 0.2) is 0 Å². The molecule has 0 aliphatic carbocycles. The molecule has 0 atom stereocenters. The van der Waals surface area contributed by atoms with Gasteiger partial charge in [-0.05, 0) is 6.07 Å². The summed E-state index contributed by atoms with van der Waals surface area (Å²) in [6, 6.07) is 2.05. The van der Waals surface area contributed by atoms with Gasteiger partial charge in [0.1, 0.15) is 4.92 Å². The first kappa shape index (κ1) is 8.82. The molecule has 0 spiro atoms. The number of hydrogen-bond acceptors (Lipinski definition) is 5. The van der Waals surface area contributed by atoms with E-state index in [4.69, 9.17) is 0 Å². The van der Waals surface area contributed by atoms with Crippen LogP contribution in [0.25, 0.3) is 0 Å². The van der Waals surface area contributed by atoms with Gasteiger partial charge >= 0.3 is 11.8 Å². The van der Waals surface area contributed by atoms with Gasteiger partial charge in [0.2, 0.25) is 11.8 Å². The van der Waals surface area contributed by atoms with Gasteiger partial charge in [-0.2, -0.15) is 0 Å². The fourth-order valence-electron chi connectivity index (χ4n) is 0.637. The number of amides is 1. The van der Waals surface area contributed by atoms with Gasteiger partial charge in [-0.15, -0.1) is 4.99 Å². The Morgan fingerprint density at radius 2 is 2.31 bits per heavy atom. The normalized spacial score (nSPS) is 8.92. The fraction of sp³-hybridized carbons (Fsp3) is 0. The van der Waals surface area contributed by atoms with Crippen LogP contribution >= 0.6 is 0 Å². The number of carbonyl (C=O) groups is 1. The first-order valence-electron chi connectivity index (χ1n) is 3.01. The Bertz CT molecular complexity index is 401. The van der Waals surface area contributed by atoms with Gasteiger partial charge in [0.05, 0.1) is 6.07 Å². The third kappa shape index (κ3) is 1.85. The quantitative estimate of drug-likeness (QED) is 0.289. The number of isocyanates is 1. The third-order valence-electron chi connectivity index (χ3n) is 1.13. The molecule has 1 amide bonds. The molecule has 1 aromatic heterocycles. The van der Waals surface area contributed by atoms with Crippen molar-refractivity contribution in [1.82, 2.24) is 0 Å². The van der Waals surface area contributed by atoms with E-state index in [0.717, 1.165) is 18.2 Å². The zero-order valence-electron chi connectivity index (χ0n) is 6.09. The molecule has 0 saturated heterocycles. The summed E-state index contributed by atoms with van der Waals surface area (Å²) in [5, 5.41) is 10.1. The Kier molecular flexibility index (Phi) is 2.32. The van der Waals surface area contributed by atoms with Crippen LogP contribution in [-0.4, -0.2) is 16.9 Å². The maximum atomic E-state index is 10.7. The summed E-state index contributed by atoms with van der Waals surface area (Å²) in [4.78, 5) is 32.4. The monoisotopic (exact) mass is 182 g/mol. The van der Waals surface area contributed by atoms with Crippen molar-refractivity contribution >= 4 is 17.9 Å². The van der Waals surface area contributed by atoms with Crippen LogP contribution in [0.2, 0.25) is 0 Å². The third-order valence-corrected chi connectivity index (χ3v) is 1.13. The van der Waals surface area contributed by atoms with Crippen molar-refractivity contribution < 1.29 is 18.9 Å². The lowest BCUT2D eigenvalue weighted by molar-refractivity contribution is -0.402. The van der Waals surface area contributed by atoms with Gasteiger partial charge in [-0.3, -0.25) is 14.9 Å². The number of rotatable bonds is 2. The van der Waals surface area contributed by atoms with Crippen LogP contribution in [0, 0.1) is 10.1 Å². The number of aliphatic imine (C=N–C) groups is 1. The molecule has 0 N–H and O–H groups in total. The average molecular weight is 182 g/mol.